The van der Waals surface area contributed by atoms with E-state index in [4.69, 9.17) is 4.99 Å². The van der Waals surface area contributed by atoms with Crippen molar-refractivity contribution in [3.63, 3.8) is 0 Å². The van der Waals surface area contributed by atoms with Crippen LogP contribution in [0.25, 0.3) is 0 Å². The molecular weight excluding hydrogens is 362 g/mol. The molecule has 156 valence electrons. The number of nitrogens with zero attached hydrogens (tertiary/aromatic N) is 5. The Morgan fingerprint density at radius 2 is 1.76 bits per heavy atom. The van der Waals surface area contributed by atoms with Crippen molar-refractivity contribution in [2.45, 2.75) is 26.8 Å². The largest absolute Gasteiger partial charge is 0.357 e. The van der Waals surface area contributed by atoms with Gasteiger partial charge in [-0.1, -0.05) is 29.8 Å². The van der Waals surface area contributed by atoms with Crippen LogP contribution < -0.4 is 15.5 Å². The molecule has 7 nitrogen and oxygen atoms in total. The highest BCUT2D eigenvalue weighted by molar-refractivity contribution is 5.79. The van der Waals surface area contributed by atoms with Crippen LogP contribution in [0.3, 0.4) is 0 Å². The quantitative estimate of drug-likeness (QED) is 0.405. The lowest BCUT2D eigenvalue weighted by molar-refractivity contribution is 0.254. The molecule has 0 atom stereocenters. The standard InChI is InChI=1S/C22H33N7/c1-3-23-21(27-18-20-8-6-19(2)7-9-20)24-12-5-13-28-14-16-29(17-15-28)22-25-10-4-11-26-22/h4,6-11H,3,5,12-18H2,1-2H3,(H2,23,24,27). The summed E-state index contributed by atoms with van der Waals surface area (Å²) in [5, 5.41) is 6.79. The molecule has 0 saturated carbocycles. The zero-order valence-electron chi connectivity index (χ0n) is 17.6. The highest BCUT2D eigenvalue weighted by Crippen LogP contribution is 2.09. The molecule has 0 aliphatic carbocycles. The molecule has 1 aliphatic heterocycles. The lowest BCUT2D eigenvalue weighted by Gasteiger charge is -2.34. The number of aromatic nitrogens is 2. The average Bonchev–Trinajstić information content (AvgIpc) is 2.77. The Kier molecular flexibility index (Phi) is 8.25. The van der Waals surface area contributed by atoms with E-state index in [9.17, 15) is 0 Å². The van der Waals surface area contributed by atoms with E-state index in [0.29, 0.717) is 6.54 Å². The molecule has 0 amide bonds. The number of benzene rings is 1. The van der Waals surface area contributed by atoms with Crippen LogP contribution in [0.1, 0.15) is 24.5 Å². The number of aryl methyl sites for hydroxylation is 1. The summed E-state index contributed by atoms with van der Waals surface area (Å²) in [6.07, 6.45) is 4.71. The van der Waals surface area contributed by atoms with E-state index in [-0.39, 0.29) is 0 Å². The van der Waals surface area contributed by atoms with Crippen molar-refractivity contribution >= 4 is 11.9 Å². The summed E-state index contributed by atoms with van der Waals surface area (Å²) in [7, 11) is 0. The van der Waals surface area contributed by atoms with Crippen molar-refractivity contribution < 1.29 is 0 Å². The van der Waals surface area contributed by atoms with Crippen molar-refractivity contribution in [3.8, 4) is 0 Å². The van der Waals surface area contributed by atoms with E-state index in [1.54, 1.807) is 0 Å². The molecule has 2 N–H and O–H groups in total. The molecule has 2 heterocycles. The molecule has 0 spiro atoms. The molecule has 0 unspecified atom stereocenters. The van der Waals surface area contributed by atoms with Crippen LogP contribution in [0.5, 0.6) is 0 Å². The summed E-state index contributed by atoms with van der Waals surface area (Å²) in [5.41, 5.74) is 2.51. The van der Waals surface area contributed by atoms with Crippen LogP contribution in [0, 0.1) is 6.92 Å². The third-order valence-corrected chi connectivity index (χ3v) is 5.04. The van der Waals surface area contributed by atoms with Crippen molar-refractivity contribution in [2.24, 2.45) is 4.99 Å². The lowest BCUT2D eigenvalue weighted by Crippen LogP contribution is -2.47. The first-order valence-corrected chi connectivity index (χ1v) is 10.6. The fourth-order valence-corrected chi connectivity index (χ4v) is 3.34. The van der Waals surface area contributed by atoms with Crippen LogP contribution in [0.2, 0.25) is 0 Å². The first kappa shape index (κ1) is 21.0. The van der Waals surface area contributed by atoms with E-state index in [1.165, 1.54) is 11.1 Å². The summed E-state index contributed by atoms with van der Waals surface area (Å²) in [4.78, 5) is 18.2. The molecule has 1 aromatic heterocycles. The average molecular weight is 396 g/mol. The normalized spacial score (nSPS) is 15.4. The molecule has 1 aliphatic rings. The summed E-state index contributed by atoms with van der Waals surface area (Å²) in [5.74, 6) is 1.73. The first-order valence-electron chi connectivity index (χ1n) is 10.6. The van der Waals surface area contributed by atoms with E-state index < -0.39 is 0 Å². The third kappa shape index (κ3) is 7.02. The maximum Gasteiger partial charge on any atom is 0.225 e. The Labute approximate surface area is 174 Å². The van der Waals surface area contributed by atoms with Crippen LogP contribution in [-0.4, -0.2) is 66.6 Å². The van der Waals surface area contributed by atoms with Gasteiger partial charge in [0, 0.05) is 51.7 Å². The number of hydrogen-bond donors (Lipinski definition) is 2. The number of piperazine rings is 1. The van der Waals surface area contributed by atoms with Crippen molar-refractivity contribution in [1.29, 1.82) is 0 Å². The van der Waals surface area contributed by atoms with E-state index in [2.05, 4.69) is 68.5 Å². The molecule has 2 aromatic rings. The molecule has 1 saturated heterocycles. The minimum Gasteiger partial charge on any atom is -0.357 e. The summed E-state index contributed by atoms with van der Waals surface area (Å²) >= 11 is 0. The van der Waals surface area contributed by atoms with Crippen LogP contribution in [0.15, 0.2) is 47.7 Å². The summed E-state index contributed by atoms with van der Waals surface area (Å²) < 4.78 is 0. The molecule has 1 aromatic carbocycles. The van der Waals surface area contributed by atoms with Crippen molar-refractivity contribution in [3.05, 3.63) is 53.9 Å². The highest BCUT2D eigenvalue weighted by Gasteiger charge is 2.18. The van der Waals surface area contributed by atoms with Gasteiger partial charge in [-0.3, -0.25) is 4.90 Å². The number of hydrogen-bond acceptors (Lipinski definition) is 5. The van der Waals surface area contributed by atoms with Gasteiger partial charge in [0.25, 0.3) is 0 Å². The van der Waals surface area contributed by atoms with Gasteiger partial charge in [0.2, 0.25) is 5.95 Å². The molecule has 1 fully saturated rings. The van der Waals surface area contributed by atoms with E-state index in [0.717, 1.165) is 64.1 Å². The number of nitrogens with one attached hydrogen (secondary N) is 2. The predicted molar refractivity (Wildman–Crippen MR) is 119 cm³/mol. The second-order valence-electron chi connectivity index (χ2n) is 7.34. The van der Waals surface area contributed by atoms with Crippen LogP contribution in [-0.2, 0) is 6.54 Å². The monoisotopic (exact) mass is 395 g/mol. The molecular formula is C22H33N7. The summed E-state index contributed by atoms with van der Waals surface area (Å²) in [6.45, 7) is 11.8. The topological polar surface area (TPSA) is 68.7 Å². The van der Waals surface area contributed by atoms with Gasteiger partial charge in [-0.05, 0) is 38.4 Å². The Balaban J connectivity index is 1.36. The Hall–Kier alpha value is -2.67. The minimum absolute atomic E-state index is 0.694. The maximum atomic E-state index is 4.70. The lowest BCUT2D eigenvalue weighted by atomic mass is 10.1. The Bertz CT molecular complexity index is 738. The van der Waals surface area contributed by atoms with Gasteiger partial charge < -0.3 is 15.5 Å². The minimum atomic E-state index is 0.694. The number of aliphatic imine (C=N–C) groups is 1. The molecule has 3 rings (SSSR count). The first-order chi connectivity index (χ1) is 14.2. The van der Waals surface area contributed by atoms with Gasteiger partial charge in [0.05, 0.1) is 6.54 Å². The predicted octanol–water partition coefficient (Wildman–Crippen LogP) is 2.05. The smallest absolute Gasteiger partial charge is 0.225 e. The van der Waals surface area contributed by atoms with Gasteiger partial charge >= 0.3 is 0 Å². The number of rotatable bonds is 8. The van der Waals surface area contributed by atoms with Crippen molar-refractivity contribution in [2.75, 3.05) is 50.7 Å². The van der Waals surface area contributed by atoms with Gasteiger partial charge in [-0.15, -0.1) is 0 Å². The molecule has 29 heavy (non-hydrogen) atoms. The fraction of sp³-hybridized carbons (Fsp3) is 0.500. The second-order valence-corrected chi connectivity index (χ2v) is 7.34. The SMILES string of the molecule is CCNC(=NCc1ccc(C)cc1)NCCCN1CCN(c2ncccn2)CC1. The maximum absolute atomic E-state index is 4.70. The van der Waals surface area contributed by atoms with E-state index >= 15 is 0 Å². The van der Waals surface area contributed by atoms with Crippen molar-refractivity contribution in [1.82, 2.24) is 25.5 Å². The second kappa shape index (κ2) is 11.4. The van der Waals surface area contributed by atoms with Gasteiger partial charge in [-0.25, -0.2) is 15.0 Å². The molecule has 0 bridgehead atoms. The number of guanidine groups is 1. The fourth-order valence-electron chi connectivity index (χ4n) is 3.34. The van der Waals surface area contributed by atoms with Gasteiger partial charge in [0.1, 0.15) is 0 Å². The molecule has 0 radical (unpaired) electrons. The van der Waals surface area contributed by atoms with E-state index in [1.807, 2.05) is 18.5 Å². The van der Waals surface area contributed by atoms with Crippen LogP contribution >= 0.6 is 0 Å². The Morgan fingerprint density at radius 3 is 2.45 bits per heavy atom. The zero-order valence-corrected chi connectivity index (χ0v) is 17.6. The third-order valence-electron chi connectivity index (χ3n) is 5.04. The zero-order chi connectivity index (χ0) is 20.3. The van der Waals surface area contributed by atoms with Gasteiger partial charge in [-0.2, -0.15) is 0 Å². The number of anilines is 1. The van der Waals surface area contributed by atoms with Crippen LogP contribution in [0.4, 0.5) is 5.95 Å². The highest BCUT2D eigenvalue weighted by atomic mass is 15.3. The van der Waals surface area contributed by atoms with Gasteiger partial charge in [0.15, 0.2) is 5.96 Å². The molecule has 7 heteroatoms. The Morgan fingerprint density at radius 1 is 1.03 bits per heavy atom. The summed E-state index contributed by atoms with van der Waals surface area (Å²) in [6, 6.07) is 10.4.